The van der Waals surface area contributed by atoms with Crippen molar-refractivity contribution in [3.63, 3.8) is 0 Å². The third-order valence-corrected chi connectivity index (χ3v) is 5.61. The molecule has 0 atom stereocenters. The van der Waals surface area contributed by atoms with Gasteiger partial charge in [-0.15, -0.1) is 15.3 Å². The molecule has 3 heterocycles. The summed E-state index contributed by atoms with van der Waals surface area (Å²) in [7, 11) is 0. The predicted molar refractivity (Wildman–Crippen MR) is 120 cm³/mol. The second kappa shape index (κ2) is 10.2. The second-order valence-electron chi connectivity index (χ2n) is 8.20. The average molecular weight is 473 g/mol. The number of unbranched alkanes of at least 4 members (excludes halogenated alkanes) is 2. The van der Waals surface area contributed by atoms with Crippen LogP contribution in [0.3, 0.4) is 0 Å². The molecule has 4 aromatic rings. The molecule has 0 bridgehead atoms. The first-order chi connectivity index (χ1) is 16.4. The minimum atomic E-state index is -3.05. The molecule has 0 spiro atoms. The van der Waals surface area contributed by atoms with Crippen molar-refractivity contribution in [3.8, 4) is 17.2 Å². The fourth-order valence-electron chi connectivity index (χ4n) is 3.72. The van der Waals surface area contributed by atoms with E-state index in [1.165, 1.54) is 6.07 Å². The fraction of sp³-hybridized carbons (Fsp3) is 0.435. The van der Waals surface area contributed by atoms with E-state index in [1.54, 1.807) is 15.4 Å². The van der Waals surface area contributed by atoms with Crippen LogP contribution in [0.15, 0.2) is 36.5 Å². The van der Waals surface area contributed by atoms with E-state index < -0.39 is 17.6 Å². The van der Waals surface area contributed by atoms with E-state index >= 15 is 0 Å². The Balaban J connectivity index is 1.58. The van der Waals surface area contributed by atoms with Crippen LogP contribution in [0.1, 0.15) is 63.2 Å². The third-order valence-electron chi connectivity index (χ3n) is 5.61. The maximum absolute atomic E-state index is 14.6. The van der Waals surface area contributed by atoms with Crippen molar-refractivity contribution in [3.05, 3.63) is 59.6 Å². The molecule has 0 fully saturated rings. The zero-order chi connectivity index (χ0) is 24.1. The number of rotatable bonds is 11. The first kappa shape index (κ1) is 23.7. The number of aryl methyl sites for hydroxylation is 1. The summed E-state index contributed by atoms with van der Waals surface area (Å²) < 4.78 is 46.7. The van der Waals surface area contributed by atoms with Gasteiger partial charge in [0.2, 0.25) is 11.6 Å². The molecular weight excluding hydrogens is 445 g/mol. The fourth-order valence-corrected chi connectivity index (χ4v) is 3.72. The summed E-state index contributed by atoms with van der Waals surface area (Å²) in [4.78, 5) is 4.21. The number of hydrogen-bond donors (Lipinski definition) is 1. The third kappa shape index (κ3) is 5.02. The molecule has 8 nitrogen and oxygen atoms in total. The minimum Gasteiger partial charge on any atom is -0.311 e. The zero-order valence-electron chi connectivity index (χ0n) is 19.2. The van der Waals surface area contributed by atoms with Crippen molar-refractivity contribution in [1.82, 2.24) is 40.0 Å². The molecule has 3 aromatic heterocycles. The summed E-state index contributed by atoms with van der Waals surface area (Å²) in [5, 5.41) is 17.7. The van der Waals surface area contributed by atoms with Gasteiger partial charge in [0.1, 0.15) is 11.5 Å². The molecule has 0 aliphatic rings. The molecule has 0 saturated carbocycles. The molecule has 11 heteroatoms. The van der Waals surface area contributed by atoms with Crippen LogP contribution in [0, 0.1) is 5.82 Å². The van der Waals surface area contributed by atoms with E-state index in [4.69, 9.17) is 0 Å². The van der Waals surface area contributed by atoms with E-state index in [0.717, 1.165) is 18.4 Å². The molecule has 4 rings (SSSR count). The Morgan fingerprint density at radius 2 is 1.79 bits per heavy atom. The molecule has 34 heavy (non-hydrogen) atoms. The number of benzene rings is 1. The highest BCUT2D eigenvalue weighted by molar-refractivity contribution is 5.55. The van der Waals surface area contributed by atoms with Crippen LogP contribution in [-0.2, 0) is 18.9 Å². The topological polar surface area (TPSA) is 90.1 Å². The zero-order valence-corrected chi connectivity index (χ0v) is 19.2. The number of nitrogens with zero attached hydrogens (tertiary/aromatic N) is 7. The van der Waals surface area contributed by atoms with Crippen molar-refractivity contribution in [2.24, 2.45) is 0 Å². The van der Waals surface area contributed by atoms with Crippen molar-refractivity contribution >= 4 is 0 Å². The number of nitrogens with one attached hydrogen (secondary N) is 1. The van der Waals surface area contributed by atoms with Gasteiger partial charge in [-0.2, -0.15) is 14.0 Å². The normalized spacial score (nSPS) is 11.9. The van der Waals surface area contributed by atoms with Crippen molar-refractivity contribution in [1.29, 1.82) is 0 Å². The van der Waals surface area contributed by atoms with Gasteiger partial charge in [-0.1, -0.05) is 38.8 Å². The van der Waals surface area contributed by atoms with Crippen LogP contribution < -0.4 is 0 Å². The number of aromatic nitrogens is 8. The largest absolute Gasteiger partial charge is 0.311 e. The Morgan fingerprint density at radius 3 is 2.47 bits per heavy atom. The minimum absolute atomic E-state index is 0.145. The number of halogens is 3. The standard InChI is InChI=1S/C23H27F3N8/c1-3-5-7-19-27-22(23(25,26)13-6-4-2)30-34(19)15-16-8-10-17(11-9-16)33-14-12-18(24)20(33)21-28-31-32-29-21/h8-12,14H,3-7,13,15H2,1-2H3,(H,28,29,31,32). The molecule has 1 N–H and O–H groups in total. The van der Waals surface area contributed by atoms with Gasteiger partial charge in [0.15, 0.2) is 5.82 Å². The van der Waals surface area contributed by atoms with Crippen molar-refractivity contribution in [2.75, 3.05) is 0 Å². The Bertz CT molecular complexity index is 1200. The van der Waals surface area contributed by atoms with Gasteiger partial charge in [-0.3, -0.25) is 0 Å². The lowest BCUT2D eigenvalue weighted by Gasteiger charge is -2.11. The molecule has 1 aromatic carbocycles. The van der Waals surface area contributed by atoms with Crippen molar-refractivity contribution in [2.45, 2.75) is 64.8 Å². The van der Waals surface area contributed by atoms with Gasteiger partial charge in [0.25, 0.3) is 0 Å². The van der Waals surface area contributed by atoms with Crippen LogP contribution in [0.2, 0.25) is 0 Å². The molecule has 0 saturated heterocycles. The highest BCUT2D eigenvalue weighted by Gasteiger charge is 2.36. The maximum Gasteiger partial charge on any atom is 0.308 e. The summed E-state index contributed by atoms with van der Waals surface area (Å²) in [6, 6.07) is 8.67. The van der Waals surface area contributed by atoms with Gasteiger partial charge >= 0.3 is 5.92 Å². The van der Waals surface area contributed by atoms with Crippen LogP contribution in [0.4, 0.5) is 13.2 Å². The van der Waals surface area contributed by atoms with E-state index in [2.05, 4.69) is 30.7 Å². The Kier molecular flexibility index (Phi) is 7.09. The Hall–Kier alpha value is -3.50. The first-order valence-corrected chi connectivity index (χ1v) is 11.4. The molecule has 0 aliphatic heterocycles. The van der Waals surface area contributed by atoms with Crippen LogP contribution in [-0.4, -0.2) is 40.0 Å². The van der Waals surface area contributed by atoms with Gasteiger partial charge in [0.05, 0.1) is 6.54 Å². The summed E-state index contributed by atoms with van der Waals surface area (Å²) in [5.74, 6) is -3.22. The van der Waals surface area contributed by atoms with E-state index in [0.29, 0.717) is 37.3 Å². The number of hydrogen-bond acceptors (Lipinski definition) is 5. The molecule has 0 amide bonds. The highest BCUT2D eigenvalue weighted by atomic mass is 19.3. The summed E-state index contributed by atoms with van der Waals surface area (Å²) in [5.41, 5.74) is 1.76. The first-order valence-electron chi connectivity index (χ1n) is 11.4. The Morgan fingerprint density at radius 1 is 1.03 bits per heavy atom. The van der Waals surface area contributed by atoms with Crippen molar-refractivity contribution < 1.29 is 13.2 Å². The lowest BCUT2D eigenvalue weighted by molar-refractivity contribution is -0.0245. The van der Waals surface area contributed by atoms with Gasteiger partial charge in [-0.05, 0) is 41.8 Å². The highest BCUT2D eigenvalue weighted by Crippen LogP contribution is 2.31. The predicted octanol–water partition coefficient (Wildman–Crippen LogP) is 5.06. The summed E-state index contributed by atoms with van der Waals surface area (Å²) >= 11 is 0. The summed E-state index contributed by atoms with van der Waals surface area (Å²) in [6.07, 6.45) is 4.79. The number of aromatic amines is 1. The van der Waals surface area contributed by atoms with Gasteiger partial charge in [-0.25, -0.2) is 14.1 Å². The number of alkyl halides is 2. The van der Waals surface area contributed by atoms with Crippen LogP contribution in [0.5, 0.6) is 0 Å². The Labute approximate surface area is 195 Å². The van der Waals surface area contributed by atoms with Gasteiger partial charge in [0, 0.05) is 24.7 Å². The molecule has 180 valence electrons. The van der Waals surface area contributed by atoms with Gasteiger partial charge < -0.3 is 4.57 Å². The van der Waals surface area contributed by atoms with E-state index in [-0.39, 0.29) is 17.9 Å². The SMILES string of the molecule is CCCCc1nc(C(F)(F)CCCC)nn1Cc1ccc(-n2ccc(F)c2-c2nn[nH]n2)cc1. The number of tetrazole rings is 1. The monoisotopic (exact) mass is 472 g/mol. The lowest BCUT2D eigenvalue weighted by atomic mass is 10.1. The second-order valence-corrected chi connectivity index (χ2v) is 8.20. The molecule has 0 radical (unpaired) electrons. The smallest absolute Gasteiger partial charge is 0.308 e. The lowest BCUT2D eigenvalue weighted by Crippen LogP contribution is -2.16. The number of H-pyrrole nitrogens is 1. The van der Waals surface area contributed by atoms with E-state index in [1.807, 2.05) is 38.1 Å². The van der Waals surface area contributed by atoms with Crippen LogP contribution in [0.25, 0.3) is 17.2 Å². The van der Waals surface area contributed by atoms with Crippen LogP contribution >= 0.6 is 0 Å². The molecular formula is C23H27F3N8. The quantitative estimate of drug-likeness (QED) is 0.330. The maximum atomic E-state index is 14.6. The molecule has 0 unspecified atom stereocenters. The molecule has 0 aliphatic carbocycles. The summed E-state index contributed by atoms with van der Waals surface area (Å²) in [6.45, 7) is 4.24. The average Bonchev–Trinajstić information content (AvgIpc) is 3.57. The van der Waals surface area contributed by atoms with E-state index in [9.17, 15) is 13.2 Å².